The van der Waals surface area contributed by atoms with Crippen LogP contribution in [-0.4, -0.2) is 18.4 Å². The third kappa shape index (κ3) is 6.07. The summed E-state index contributed by atoms with van der Waals surface area (Å²) < 4.78 is 0. The number of amides is 2. The molecule has 0 spiro atoms. The van der Waals surface area contributed by atoms with Crippen molar-refractivity contribution in [3.63, 3.8) is 0 Å². The molecule has 0 bridgehead atoms. The lowest BCUT2D eigenvalue weighted by Gasteiger charge is -2.21. The minimum absolute atomic E-state index is 0.125. The number of benzene rings is 2. The van der Waals surface area contributed by atoms with Crippen molar-refractivity contribution in [2.75, 3.05) is 11.4 Å². The molecule has 0 aliphatic heterocycles. The zero-order chi connectivity index (χ0) is 18.4. The first-order valence-electron chi connectivity index (χ1n) is 7.91. The molecule has 0 fully saturated rings. The number of aryl methyl sites for hydroxylation is 1. The van der Waals surface area contributed by atoms with E-state index < -0.39 is 0 Å². The highest BCUT2D eigenvalue weighted by Crippen LogP contribution is 2.25. The highest BCUT2D eigenvalue weighted by Gasteiger charge is 2.14. The summed E-state index contributed by atoms with van der Waals surface area (Å²) in [6.07, 6.45) is 0.190. The van der Waals surface area contributed by atoms with Gasteiger partial charge in [0.2, 0.25) is 11.8 Å². The monoisotopic (exact) mass is 378 g/mol. The summed E-state index contributed by atoms with van der Waals surface area (Å²) in [4.78, 5) is 25.5. The Balaban J connectivity index is 1.93. The Kier molecular flexibility index (Phi) is 6.85. The minimum Gasteiger partial charge on any atom is -0.352 e. The lowest BCUT2D eigenvalue weighted by atomic mass is 10.1. The van der Waals surface area contributed by atoms with Crippen LogP contribution in [0.1, 0.15) is 24.5 Å². The van der Waals surface area contributed by atoms with Gasteiger partial charge in [0.15, 0.2) is 0 Å². The van der Waals surface area contributed by atoms with Crippen LogP contribution in [-0.2, 0) is 16.1 Å². The van der Waals surface area contributed by atoms with Crippen LogP contribution in [0.3, 0.4) is 0 Å². The van der Waals surface area contributed by atoms with Crippen molar-refractivity contribution < 1.29 is 9.59 Å². The number of halogens is 2. The van der Waals surface area contributed by atoms with Gasteiger partial charge in [-0.05, 0) is 30.7 Å². The third-order valence-corrected chi connectivity index (χ3v) is 4.15. The summed E-state index contributed by atoms with van der Waals surface area (Å²) in [6, 6.07) is 12.9. The number of carbonyl (C=O) groups excluding carboxylic acids is 2. The van der Waals surface area contributed by atoms with E-state index in [-0.39, 0.29) is 24.8 Å². The molecule has 2 aromatic rings. The van der Waals surface area contributed by atoms with Gasteiger partial charge in [0.1, 0.15) is 0 Å². The molecule has 6 heteroatoms. The molecule has 2 rings (SSSR count). The van der Waals surface area contributed by atoms with Crippen LogP contribution >= 0.6 is 23.2 Å². The maximum atomic E-state index is 12.1. The van der Waals surface area contributed by atoms with E-state index in [0.29, 0.717) is 22.3 Å². The molecule has 0 saturated heterocycles. The van der Waals surface area contributed by atoms with E-state index in [0.717, 1.165) is 5.56 Å². The van der Waals surface area contributed by atoms with Crippen LogP contribution in [0, 0.1) is 6.92 Å². The average molecular weight is 379 g/mol. The van der Waals surface area contributed by atoms with Gasteiger partial charge in [-0.25, -0.2) is 0 Å². The predicted molar refractivity (Wildman–Crippen MR) is 102 cm³/mol. The second-order valence-electron chi connectivity index (χ2n) is 5.81. The maximum absolute atomic E-state index is 12.1. The summed E-state index contributed by atoms with van der Waals surface area (Å²) in [6.45, 7) is 4.17. The summed E-state index contributed by atoms with van der Waals surface area (Å²) in [5, 5.41) is 3.74. The summed E-state index contributed by atoms with van der Waals surface area (Å²) in [5.74, 6) is -0.301. The molecule has 0 aliphatic rings. The zero-order valence-corrected chi connectivity index (χ0v) is 15.7. The van der Waals surface area contributed by atoms with Crippen molar-refractivity contribution in [1.82, 2.24) is 5.32 Å². The minimum atomic E-state index is -0.176. The third-order valence-electron chi connectivity index (χ3n) is 3.71. The lowest BCUT2D eigenvalue weighted by molar-refractivity contribution is -0.121. The Morgan fingerprint density at radius 3 is 2.20 bits per heavy atom. The molecule has 0 heterocycles. The molecule has 1 N–H and O–H groups in total. The highest BCUT2D eigenvalue weighted by atomic mass is 35.5. The standard InChI is InChI=1S/C19H20Cl2N2O2/c1-13-3-5-15(6-4-13)12-22-19(25)7-8-23(14(2)24)18-10-16(20)9-17(21)11-18/h3-6,9-11H,7-8,12H2,1-2H3,(H,22,25). The van der Waals surface area contributed by atoms with Gasteiger partial charge in [-0.3, -0.25) is 9.59 Å². The smallest absolute Gasteiger partial charge is 0.223 e. The van der Waals surface area contributed by atoms with Crippen molar-refractivity contribution >= 4 is 40.7 Å². The van der Waals surface area contributed by atoms with Crippen LogP contribution in [0.15, 0.2) is 42.5 Å². The largest absolute Gasteiger partial charge is 0.352 e. The molecule has 0 unspecified atom stereocenters. The SMILES string of the molecule is CC(=O)N(CCC(=O)NCc1ccc(C)cc1)c1cc(Cl)cc(Cl)c1. The lowest BCUT2D eigenvalue weighted by Crippen LogP contribution is -2.33. The Bertz CT molecular complexity index is 740. The molecule has 0 aromatic heterocycles. The first-order valence-corrected chi connectivity index (χ1v) is 8.67. The van der Waals surface area contributed by atoms with Gasteiger partial charge >= 0.3 is 0 Å². The van der Waals surface area contributed by atoms with Crippen molar-refractivity contribution in [3.8, 4) is 0 Å². The number of carbonyl (C=O) groups is 2. The van der Waals surface area contributed by atoms with Gasteiger partial charge in [0.25, 0.3) is 0 Å². The Morgan fingerprint density at radius 1 is 1.04 bits per heavy atom. The maximum Gasteiger partial charge on any atom is 0.223 e. The van der Waals surface area contributed by atoms with E-state index in [9.17, 15) is 9.59 Å². The predicted octanol–water partition coefficient (Wildman–Crippen LogP) is 4.36. The van der Waals surface area contributed by atoms with Crippen LogP contribution in [0.5, 0.6) is 0 Å². The normalized spacial score (nSPS) is 10.4. The molecule has 132 valence electrons. The van der Waals surface area contributed by atoms with Crippen molar-refractivity contribution in [2.45, 2.75) is 26.8 Å². The summed E-state index contributed by atoms with van der Waals surface area (Å²) >= 11 is 12.0. The van der Waals surface area contributed by atoms with Crippen LogP contribution < -0.4 is 10.2 Å². The summed E-state index contributed by atoms with van der Waals surface area (Å²) in [5.41, 5.74) is 2.78. The molecule has 2 aromatic carbocycles. The van der Waals surface area contributed by atoms with E-state index in [1.165, 1.54) is 17.4 Å². The fraction of sp³-hybridized carbons (Fsp3) is 0.263. The van der Waals surface area contributed by atoms with Crippen LogP contribution in [0.25, 0.3) is 0 Å². The number of hydrogen-bond acceptors (Lipinski definition) is 2. The first kappa shape index (κ1) is 19.3. The molecule has 0 radical (unpaired) electrons. The Morgan fingerprint density at radius 2 is 1.64 bits per heavy atom. The van der Waals surface area contributed by atoms with Gasteiger partial charge < -0.3 is 10.2 Å². The second kappa shape index (κ2) is 8.88. The molecule has 4 nitrogen and oxygen atoms in total. The molecular weight excluding hydrogens is 359 g/mol. The average Bonchev–Trinajstić information content (AvgIpc) is 2.53. The Hall–Kier alpha value is -2.04. The van der Waals surface area contributed by atoms with E-state index in [1.54, 1.807) is 18.2 Å². The number of rotatable bonds is 6. The fourth-order valence-electron chi connectivity index (χ4n) is 2.37. The zero-order valence-electron chi connectivity index (χ0n) is 14.2. The Labute approximate surface area is 157 Å². The number of nitrogens with zero attached hydrogens (tertiary/aromatic N) is 1. The van der Waals surface area contributed by atoms with E-state index in [1.807, 2.05) is 31.2 Å². The van der Waals surface area contributed by atoms with Gasteiger partial charge in [-0.2, -0.15) is 0 Å². The molecule has 0 atom stereocenters. The van der Waals surface area contributed by atoms with Gasteiger partial charge in [0, 0.05) is 42.2 Å². The van der Waals surface area contributed by atoms with Crippen molar-refractivity contribution in [2.24, 2.45) is 0 Å². The molecular formula is C19H20Cl2N2O2. The molecule has 0 saturated carbocycles. The van der Waals surface area contributed by atoms with E-state index >= 15 is 0 Å². The van der Waals surface area contributed by atoms with Gasteiger partial charge in [-0.1, -0.05) is 53.0 Å². The topological polar surface area (TPSA) is 49.4 Å². The van der Waals surface area contributed by atoms with E-state index in [2.05, 4.69) is 5.32 Å². The van der Waals surface area contributed by atoms with Crippen molar-refractivity contribution in [3.05, 3.63) is 63.6 Å². The highest BCUT2D eigenvalue weighted by molar-refractivity contribution is 6.35. The van der Waals surface area contributed by atoms with Gasteiger partial charge in [-0.15, -0.1) is 0 Å². The van der Waals surface area contributed by atoms with E-state index in [4.69, 9.17) is 23.2 Å². The molecule has 25 heavy (non-hydrogen) atoms. The first-order chi connectivity index (χ1) is 11.8. The van der Waals surface area contributed by atoms with Gasteiger partial charge in [0.05, 0.1) is 0 Å². The number of hydrogen-bond donors (Lipinski definition) is 1. The van der Waals surface area contributed by atoms with Crippen LogP contribution in [0.4, 0.5) is 5.69 Å². The number of nitrogens with one attached hydrogen (secondary N) is 1. The summed E-state index contributed by atoms with van der Waals surface area (Å²) in [7, 11) is 0. The molecule has 2 amide bonds. The second-order valence-corrected chi connectivity index (χ2v) is 6.68. The quantitative estimate of drug-likeness (QED) is 0.811. The van der Waals surface area contributed by atoms with Crippen molar-refractivity contribution in [1.29, 1.82) is 0 Å². The number of anilines is 1. The fourth-order valence-corrected chi connectivity index (χ4v) is 2.89. The molecule has 0 aliphatic carbocycles. The van der Waals surface area contributed by atoms with Crippen LogP contribution in [0.2, 0.25) is 10.0 Å².